The van der Waals surface area contributed by atoms with Crippen LogP contribution >= 0.6 is 0 Å². The van der Waals surface area contributed by atoms with Crippen LogP contribution in [-0.4, -0.2) is 64.7 Å². The van der Waals surface area contributed by atoms with Crippen molar-refractivity contribution in [2.24, 2.45) is 0 Å². The van der Waals surface area contributed by atoms with Crippen molar-refractivity contribution in [3.63, 3.8) is 0 Å². The molecule has 2 aliphatic rings. The summed E-state index contributed by atoms with van der Waals surface area (Å²) in [6, 6.07) is 5.81. The Balaban J connectivity index is 1.53. The number of hydrogen-bond donors (Lipinski definition) is 1. The second kappa shape index (κ2) is 11.2. The van der Waals surface area contributed by atoms with Crippen LogP contribution in [0.4, 0.5) is 5.69 Å². The number of carbonyl (C=O) groups is 1. The summed E-state index contributed by atoms with van der Waals surface area (Å²) in [6.45, 7) is 13.2. The third kappa shape index (κ3) is 5.59. The molecule has 0 atom stereocenters. The molecule has 1 saturated carbocycles. The molecule has 1 aliphatic heterocycles. The Bertz CT molecular complexity index is 1440. The van der Waals surface area contributed by atoms with Crippen LogP contribution in [0.3, 0.4) is 0 Å². The molecule has 0 spiro atoms. The van der Waals surface area contributed by atoms with Gasteiger partial charge in [-0.05, 0) is 49.1 Å². The highest BCUT2D eigenvalue weighted by molar-refractivity contribution is 5.97. The maximum Gasteiger partial charge on any atom is 0.242 e. The largest absolute Gasteiger partial charge is 0.494 e. The Morgan fingerprint density at radius 2 is 1.82 bits per heavy atom. The number of anilines is 1. The number of fused-ring (bicyclic) bond motifs is 1. The van der Waals surface area contributed by atoms with E-state index in [4.69, 9.17) is 24.7 Å². The summed E-state index contributed by atoms with van der Waals surface area (Å²) in [4.78, 5) is 16.0. The van der Waals surface area contributed by atoms with Crippen molar-refractivity contribution in [2.75, 3.05) is 38.3 Å². The smallest absolute Gasteiger partial charge is 0.242 e. The highest BCUT2D eigenvalue weighted by atomic mass is 16.5. The van der Waals surface area contributed by atoms with E-state index in [9.17, 15) is 4.79 Å². The van der Waals surface area contributed by atoms with Gasteiger partial charge in [0.25, 0.3) is 0 Å². The average Bonchev–Trinajstić information content (AvgIpc) is 3.75. The minimum atomic E-state index is -0.242. The second-order valence-corrected chi connectivity index (χ2v) is 11.8. The predicted molar refractivity (Wildman–Crippen MR) is 153 cm³/mol. The minimum Gasteiger partial charge on any atom is -0.494 e. The van der Waals surface area contributed by atoms with Crippen molar-refractivity contribution in [1.29, 1.82) is 5.41 Å². The molecule has 0 bridgehead atoms. The number of aromatic nitrogens is 4. The Morgan fingerprint density at radius 3 is 2.42 bits per heavy atom. The van der Waals surface area contributed by atoms with E-state index in [1.165, 1.54) is 9.20 Å². The number of ketones is 1. The monoisotopic (exact) mass is 550 g/mol. The summed E-state index contributed by atoms with van der Waals surface area (Å²) in [5.74, 6) is 1.56. The van der Waals surface area contributed by atoms with Crippen molar-refractivity contribution < 1.29 is 19.0 Å². The van der Waals surface area contributed by atoms with Crippen molar-refractivity contribution >= 4 is 17.1 Å². The zero-order valence-electron chi connectivity index (χ0n) is 24.6. The van der Waals surface area contributed by atoms with Crippen LogP contribution in [0.5, 0.6) is 11.6 Å². The van der Waals surface area contributed by atoms with Gasteiger partial charge < -0.3 is 19.1 Å². The van der Waals surface area contributed by atoms with Crippen LogP contribution in [0.25, 0.3) is 5.65 Å². The molecule has 0 amide bonds. The molecule has 1 N–H and O–H groups in total. The fourth-order valence-corrected chi connectivity index (χ4v) is 5.31. The summed E-state index contributed by atoms with van der Waals surface area (Å²) in [6.07, 6.45) is 3.98. The summed E-state index contributed by atoms with van der Waals surface area (Å²) in [7, 11) is 1.68. The van der Waals surface area contributed by atoms with Gasteiger partial charge in [0.2, 0.25) is 11.5 Å². The van der Waals surface area contributed by atoms with Gasteiger partial charge in [-0.15, -0.1) is 10.2 Å². The lowest BCUT2D eigenvalue weighted by molar-refractivity contribution is 0.0965. The third-order valence-electron chi connectivity index (χ3n) is 7.86. The molecule has 10 nitrogen and oxygen atoms in total. The van der Waals surface area contributed by atoms with Gasteiger partial charge in [0, 0.05) is 35.8 Å². The molecule has 10 heteroatoms. The van der Waals surface area contributed by atoms with Gasteiger partial charge in [-0.25, -0.2) is 4.68 Å². The fraction of sp³-hybridized carbons (Fsp3) is 0.600. The molecule has 2 fully saturated rings. The second-order valence-electron chi connectivity index (χ2n) is 11.8. The van der Waals surface area contributed by atoms with Gasteiger partial charge in [0.15, 0.2) is 11.4 Å². The number of nitrogens with one attached hydrogen (secondary N) is 1. The minimum absolute atomic E-state index is 0.0539. The molecule has 3 aromatic rings. The topological polar surface area (TPSA) is 107 Å². The Labute approximate surface area is 235 Å². The molecule has 216 valence electrons. The van der Waals surface area contributed by atoms with Crippen LogP contribution in [-0.2, 0) is 16.7 Å². The summed E-state index contributed by atoms with van der Waals surface area (Å²) in [5.41, 5.74) is 3.90. The van der Waals surface area contributed by atoms with Gasteiger partial charge >= 0.3 is 0 Å². The van der Waals surface area contributed by atoms with Crippen LogP contribution in [0.2, 0.25) is 0 Å². The van der Waals surface area contributed by atoms with E-state index in [0.717, 1.165) is 61.3 Å². The lowest BCUT2D eigenvalue weighted by Gasteiger charge is -2.33. The summed E-state index contributed by atoms with van der Waals surface area (Å²) >= 11 is 0. The van der Waals surface area contributed by atoms with E-state index < -0.39 is 0 Å². The molecular weight excluding hydrogens is 508 g/mol. The van der Waals surface area contributed by atoms with E-state index in [1.807, 2.05) is 18.2 Å². The highest BCUT2D eigenvalue weighted by Gasteiger charge is 2.30. The van der Waals surface area contributed by atoms with Crippen LogP contribution in [0.1, 0.15) is 87.7 Å². The van der Waals surface area contributed by atoms with Gasteiger partial charge in [0.05, 0.1) is 32.1 Å². The number of benzene rings is 1. The molecule has 0 radical (unpaired) electrons. The number of carbonyl (C=O) groups excluding carboxylic acids is 1. The quantitative estimate of drug-likeness (QED) is 0.371. The fourth-order valence-electron chi connectivity index (χ4n) is 5.31. The molecule has 2 aromatic heterocycles. The van der Waals surface area contributed by atoms with Gasteiger partial charge in [-0.1, -0.05) is 34.6 Å². The number of ether oxygens (including phenoxy) is 3. The lowest BCUT2D eigenvalue weighted by Crippen LogP contribution is -2.37. The first-order valence-corrected chi connectivity index (χ1v) is 14.4. The molecule has 1 saturated heterocycles. The van der Waals surface area contributed by atoms with Gasteiger partial charge in [-0.3, -0.25) is 10.2 Å². The van der Waals surface area contributed by atoms with Gasteiger partial charge in [-0.2, -0.15) is 4.52 Å². The first-order chi connectivity index (χ1) is 19.1. The molecule has 1 aromatic carbocycles. The van der Waals surface area contributed by atoms with Crippen LogP contribution in [0, 0.1) is 5.41 Å². The molecule has 5 rings (SSSR count). The molecule has 0 unspecified atom stereocenters. The summed E-state index contributed by atoms with van der Waals surface area (Å²) in [5, 5.41) is 18.2. The zero-order valence-corrected chi connectivity index (χ0v) is 24.6. The number of Topliss-reactive ketones (excluding diaryl/α,β-unsaturated/α-hetero) is 1. The lowest BCUT2D eigenvalue weighted by atomic mass is 9.84. The van der Waals surface area contributed by atoms with Crippen LogP contribution in [0.15, 0.2) is 18.2 Å². The normalized spacial score (nSPS) is 16.1. The van der Waals surface area contributed by atoms with Crippen molar-refractivity contribution in [1.82, 2.24) is 19.4 Å². The number of methoxy groups -OCH3 is 1. The van der Waals surface area contributed by atoms with E-state index in [-0.39, 0.29) is 29.5 Å². The molecule has 1 aliphatic carbocycles. The van der Waals surface area contributed by atoms with Crippen LogP contribution < -0.4 is 20.0 Å². The van der Waals surface area contributed by atoms with Crippen molar-refractivity contribution in [3.8, 4) is 11.6 Å². The first kappa shape index (κ1) is 28.1. The number of morpholine rings is 1. The average molecular weight is 551 g/mol. The van der Waals surface area contributed by atoms with E-state index in [2.05, 4.69) is 44.6 Å². The molecule has 40 heavy (non-hydrogen) atoms. The standard InChI is InChI=1S/C30H42N6O4/c1-7-21(8-2)40-26-17-22(19-9-10-19)28-33-35(29(31)36(28)32-26)18-25(37)20-15-23(30(3,4)5)27(38-6)24(16-20)34-11-13-39-14-12-34/h15-17,19,21,31H,7-14,18H2,1-6H3. The van der Waals surface area contributed by atoms with Gasteiger partial charge in [0.1, 0.15) is 12.3 Å². The van der Waals surface area contributed by atoms with E-state index in [0.29, 0.717) is 36.2 Å². The molecular formula is C30H42N6O4. The number of nitrogens with zero attached hydrogens (tertiary/aromatic N) is 5. The number of hydrogen-bond acceptors (Lipinski definition) is 8. The predicted octanol–water partition coefficient (Wildman–Crippen LogP) is 4.48. The molecule has 3 heterocycles. The first-order valence-electron chi connectivity index (χ1n) is 14.4. The van der Waals surface area contributed by atoms with E-state index in [1.54, 1.807) is 7.11 Å². The van der Waals surface area contributed by atoms with Crippen molar-refractivity contribution in [3.05, 3.63) is 40.5 Å². The van der Waals surface area contributed by atoms with E-state index >= 15 is 0 Å². The van der Waals surface area contributed by atoms with Crippen molar-refractivity contribution in [2.45, 2.75) is 84.3 Å². The maximum absolute atomic E-state index is 13.8. The Kier molecular flexibility index (Phi) is 7.90. The highest BCUT2D eigenvalue weighted by Crippen LogP contribution is 2.43. The summed E-state index contributed by atoms with van der Waals surface area (Å²) < 4.78 is 20.6. The zero-order chi connectivity index (χ0) is 28.6. The maximum atomic E-state index is 13.8. The SMILES string of the molecule is CCC(CC)Oc1cc(C2CC2)c2nn(CC(=O)c3cc(N4CCOCC4)c(OC)c(C(C)(C)C)c3)c(=N)n2n1. The Hall–Kier alpha value is -3.40. The third-order valence-corrected chi connectivity index (χ3v) is 7.86. The number of rotatable bonds is 10. The Morgan fingerprint density at radius 1 is 1.12 bits per heavy atom.